The summed E-state index contributed by atoms with van der Waals surface area (Å²) >= 11 is 0. The Morgan fingerprint density at radius 3 is 2.71 bits per heavy atom. The highest BCUT2D eigenvalue weighted by Gasteiger charge is 2.32. The molecule has 0 radical (unpaired) electrons. The van der Waals surface area contributed by atoms with Crippen molar-refractivity contribution in [3.05, 3.63) is 35.4 Å². The van der Waals surface area contributed by atoms with Gasteiger partial charge in [-0.1, -0.05) is 0 Å². The second kappa shape index (κ2) is 6.49. The van der Waals surface area contributed by atoms with E-state index in [0.29, 0.717) is 0 Å². The first-order valence-electron chi connectivity index (χ1n) is 6.96. The Labute approximate surface area is 123 Å². The largest absolute Gasteiger partial charge is 0.348 e. The van der Waals surface area contributed by atoms with Crippen molar-refractivity contribution < 1.29 is 13.6 Å². The zero-order valence-corrected chi connectivity index (χ0v) is 12.6. The molecule has 0 saturated carbocycles. The number of likely N-dealkylation sites (N-methyl/N-ethyl adjacent to an activating group) is 1. The first kappa shape index (κ1) is 15.9. The monoisotopic (exact) mass is 297 g/mol. The predicted octanol–water partition coefficient (Wildman–Crippen LogP) is 1.19. The summed E-state index contributed by atoms with van der Waals surface area (Å²) in [4.78, 5) is 16.4. The van der Waals surface area contributed by atoms with Gasteiger partial charge in [-0.25, -0.2) is 8.78 Å². The molecule has 2 rings (SSSR count). The Kier molecular flexibility index (Phi) is 4.90. The molecule has 6 heteroatoms. The van der Waals surface area contributed by atoms with Crippen LogP contribution in [0, 0.1) is 17.6 Å². The van der Waals surface area contributed by atoms with Gasteiger partial charge in [-0.05, 0) is 33.3 Å². The molecule has 4 nitrogen and oxygen atoms in total. The quantitative estimate of drug-likeness (QED) is 0.907. The molecule has 1 aliphatic heterocycles. The van der Waals surface area contributed by atoms with Crippen LogP contribution in [0.1, 0.15) is 10.4 Å². The molecule has 1 amide bonds. The minimum atomic E-state index is -0.831. The van der Waals surface area contributed by atoms with Crippen LogP contribution in [0.2, 0.25) is 0 Å². The topological polar surface area (TPSA) is 35.6 Å². The molecule has 1 aromatic rings. The van der Waals surface area contributed by atoms with E-state index < -0.39 is 17.5 Å². The van der Waals surface area contributed by atoms with Gasteiger partial charge in [-0.3, -0.25) is 4.79 Å². The maximum absolute atomic E-state index is 13.6. The lowest BCUT2D eigenvalue weighted by molar-refractivity contribution is 0.0923. The van der Waals surface area contributed by atoms with Crippen molar-refractivity contribution in [2.45, 2.75) is 6.04 Å². The third kappa shape index (κ3) is 3.98. The zero-order valence-electron chi connectivity index (χ0n) is 12.6. The van der Waals surface area contributed by atoms with Crippen molar-refractivity contribution in [1.82, 2.24) is 15.1 Å². The van der Waals surface area contributed by atoms with Crippen LogP contribution < -0.4 is 5.32 Å². The molecule has 1 heterocycles. The molecule has 1 fully saturated rings. The summed E-state index contributed by atoms with van der Waals surface area (Å²) in [5.41, 5.74) is -0.116. The molecule has 0 unspecified atom stereocenters. The molecular formula is C15H21F2N3O. The van der Waals surface area contributed by atoms with E-state index in [-0.39, 0.29) is 17.5 Å². The lowest BCUT2D eigenvalue weighted by Crippen LogP contribution is -2.43. The maximum atomic E-state index is 13.6. The Morgan fingerprint density at radius 2 is 2.10 bits per heavy atom. The molecular weight excluding hydrogens is 276 g/mol. The summed E-state index contributed by atoms with van der Waals surface area (Å²) in [6, 6.07) is 2.97. The third-order valence-corrected chi connectivity index (χ3v) is 3.72. The molecule has 0 aromatic heterocycles. The van der Waals surface area contributed by atoms with Crippen molar-refractivity contribution in [2.24, 2.45) is 5.92 Å². The molecule has 0 aliphatic carbocycles. The van der Waals surface area contributed by atoms with Gasteiger partial charge in [0.1, 0.15) is 11.6 Å². The number of rotatable bonds is 4. The average Bonchev–Trinajstić information content (AvgIpc) is 2.68. The minimum absolute atomic E-state index is 0.0330. The van der Waals surface area contributed by atoms with Gasteiger partial charge < -0.3 is 15.1 Å². The number of benzene rings is 1. The van der Waals surface area contributed by atoms with E-state index in [2.05, 4.69) is 15.1 Å². The second-order valence-corrected chi connectivity index (χ2v) is 5.95. The summed E-state index contributed by atoms with van der Waals surface area (Å²) in [5, 5.41) is 2.87. The highest BCUT2D eigenvalue weighted by atomic mass is 19.1. The average molecular weight is 297 g/mol. The molecule has 1 saturated heterocycles. The number of amides is 1. The van der Waals surface area contributed by atoms with Gasteiger partial charge in [0.05, 0.1) is 5.56 Å². The fourth-order valence-electron chi connectivity index (χ4n) is 2.82. The summed E-state index contributed by atoms with van der Waals surface area (Å²) in [5.74, 6) is -1.72. The highest BCUT2D eigenvalue weighted by molar-refractivity contribution is 5.94. The number of hydrogen-bond acceptors (Lipinski definition) is 3. The van der Waals surface area contributed by atoms with E-state index in [9.17, 15) is 13.6 Å². The van der Waals surface area contributed by atoms with E-state index in [1.54, 1.807) is 0 Å². The second-order valence-electron chi connectivity index (χ2n) is 5.95. The first-order valence-corrected chi connectivity index (χ1v) is 6.96. The van der Waals surface area contributed by atoms with Gasteiger partial charge in [0.15, 0.2) is 0 Å². The van der Waals surface area contributed by atoms with Crippen molar-refractivity contribution >= 4 is 5.91 Å². The Bertz CT molecular complexity index is 522. The van der Waals surface area contributed by atoms with E-state index in [0.717, 1.165) is 31.8 Å². The van der Waals surface area contributed by atoms with Gasteiger partial charge in [0, 0.05) is 37.7 Å². The van der Waals surface area contributed by atoms with Gasteiger partial charge >= 0.3 is 0 Å². The maximum Gasteiger partial charge on any atom is 0.254 e. The zero-order chi connectivity index (χ0) is 15.6. The number of nitrogens with zero attached hydrogens (tertiary/aromatic N) is 2. The van der Waals surface area contributed by atoms with Crippen molar-refractivity contribution in [3.8, 4) is 0 Å². The SMILES string of the molecule is CN(C)C[C@@H]1CN(C)C[C@H]1NC(=O)c1ccc(F)cc1F. The lowest BCUT2D eigenvalue weighted by atomic mass is 10.0. The van der Waals surface area contributed by atoms with E-state index in [1.165, 1.54) is 6.07 Å². The molecule has 2 atom stereocenters. The molecule has 0 bridgehead atoms. The Hall–Kier alpha value is -1.53. The highest BCUT2D eigenvalue weighted by Crippen LogP contribution is 2.17. The van der Waals surface area contributed by atoms with Crippen LogP contribution in [0.15, 0.2) is 18.2 Å². The Morgan fingerprint density at radius 1 is 1.38 bits per heavy atom. The molecule has 116 valence electrons. The first-order chi connectivity index (χ1) is 9.86. The fourth-order valence-corrected chi connectivity index (χ4v) is 2.82. The van der Waals surface area contributed by atoms with Crippen molar-refractivity contribution in [3.63, 3.8) is 0 Å². The number of carbonyl (C=O) groups excluding carboxylic acids is 1. The third-order valence-electron chi connectivity index (χ3n) is 3.72. The number of halogens is 2. The van der Waals surface area contributed by atoms with Crippen LogP contribution in [0.25, 0.3) is 0 Å². The lowest BCUT2D eigenvalue weighted by Gasteiger charge is -2.23. The van der Waals surface area contributed by atoms with E-state index in [1.807, 2.05) is 21.1 Å². The number of likely N-dealkylation sites (tertiary alicyclic amines) is 1. The van der Waals surface area contributed by atoms with Gasteiger partial charge in [0.25, 0.3) is 5.91 Å². The standard InChI is InChI=1S/C15H21F2N3O/c1-19(2)7-10-8-20(3)9-14(10)18-15(21)12-5-4-11(16)6-13(12)17/h4-6,10,14H,7-9H2,1-3H3,(H,18,21)/t10-,14-/m1/s1. The molecule has 21 heavy (non-hydrogen) atoms. The number of nitrogens with one attached hydrogen (secondary N) is 1. The van der Waals surface area contributed by atoms with Crippen LogP contribution in [-0.2, 0) is 0 Å². The smallest absolute Gasteiger partial charge is 0.254 e. The van der Waals surface area contributed by atoms with Crippen molar-refractivity contribution in [2.75, 3.05) is 40.8 Å². The van der Waals surface area contributed by atoms with E-state index in [4.69, 9.17) is 0 Å². The summed E-state index contributed by atoms with van der Waals surface area (Å²) in [7, 11) is 5.96. The van der Waals surface area contributed by atoms with Gasteiger partial charge in [-0.2, -0.15) is 0 Å². The summed E-state index contributed by atoms with van der Waals surface area (Å²) < 4.78 is 26.5. The summed E-state index contributed by atoms with van der Waals surface area (Å²) in [6.45, 7) is 2.46. The molecule has 1 aromatic carbocycles. The Balaban J connectivity index is 2.07. The predicted molar refractivity (Wildman–Crippen MR) is 77.2 cm³/mol. The summed E-state index contributed by atoms with van der Waals surface area (Å²) in [6.07, 6.45) is 0. The van der Waals surface area contributed by atoms with Gasteiger partial charge in [-0.15, -0.1) is 0 Å². The molecule has 0 spiro atoms. The van der Waals surface area contributed by atoms with Crippen LogP contribution in [-0.4, -0.2) is 62.5 Å². The normalized spacial score (nSPS) is 22.8. The number of carbonyl (C=O) groups is 1. The van der Waals surface area contributed by atoms with E-state index >= 15 is 0 Å². The van der Waals surface area contributed by atoms with Crippen LogP contribution >= 0.6 is 0 Å². The molecule has 1 N–H and O–H groups in total. The fraction of sp³-hybridized carbons (Fsp3) is 0.533. The van der Waals surface area contributed by atoms with Crippen LogP contribution in [0.4, 0.5) is 8.78 Å². The van der Waals surface area contributed by atoms with Crippen molar-refractivity contribution in [1.29, 1.82) is 0 Å². The number of hydrogen-bond donors (Lipinski definition) is 1. The minimum Gasteiger partial charge on any atom is -0.348 e. The van der Waals surface area contributed by atoms with Crippen LogP contribution in [0.5, 0.6) is 0 Å². The molecule has 1 aliphatic rings. The van der Waals surface area contributed by atoms with Gasteiger partial charge in [0.2, 0.25) is 0 Å². The van der Waals surface area contributed by atoms with Crippen LogP contribution in [0.3, 0.4) is 0 Å².